The molecule has 2 rings (SSSR count). The molecule has 0 atom stereocenters. The predicted octanol–water partition coefficient (Wildman–Crippen LogP) is 3.30. The van der Waals surface area contributed by atoms with Gasteiger partial charge >= 0.3 is 0 Å². The van der Waals surface area contributed by atoms with Gasteiger partial charge in [-0.15, -0.1) is 0 Å². The normalized spacial score (nSPS) is 11.6. The highest BCUT2D eigenvalue weighted by molar-refractivity contribution is 9.10. The quantitative estimate of drug-likeness (QED) is 0.767. The monoisotopic (exact) mass is 428 g/mol. The van der Waals surface area contributed by atoms with Gasteiger partial charge in [0.2, 0.25) is 15.9 Å². The van der Waals surface area contributed by atoms with Crippen molar-refractivity contribution in [1.29, 1.82) is 0 Å². The van der Waals surface area contributed by atoms with Crippen LogP contribution in [0.4, 0.5) is 10.1 Å². The van der Waals surface area contributed by atoms with Gasteiger partial charge in [-0.2, -0.15) is 4.31 Å². The second kappa shape index (κ2) is 8.07. The number of likely N-dealkylation sites (N-methyl/N-ethyl adjacent to an activating group) is 1. The maximum absolute atomic E-state index is 13.2. The van der Waals surface area contributed by atoms with Crippen LogP contribution in [0, 0.1) is 12.7 Å². The van der Waals surface area contributed by atoms with E-state index in [4.69, 9.17) is 0 Å². The summed E-state index contributed by atoms with van der Waals surface area (Å²) in [6.45, 7) is 1.51. The minimum atomic E-state index is -3.74. The van der Waals surface area contributed by atoms with Crippen LogP contribution < -0.4 is 5.32 Å². The van der Waals surface area contributed by atoms with Crippen molar-refractivity contribution in [3.63, 3.8) is 0 Å². The molecule has 0 spiro atoms. The molecule has 0 aliphatic heterocycles. The molecule has 1 N–H and O–H groups in total. The molecule has 0 heterocycles. The Morgan fingerprint density at radius 2 is 1.96 bits per heavy atom. The molecule has 2 aromatic rings. The summed E-state index contributed by atoms with van der Waals surface area (Å²) in [5.74, 6) is -1.32. The predicted molar refractivity (Wildman–Crippen MR) is 99.2 cm³/mol. The van der Waals surface area contributed by atoms with Gasteiger partial charge in [-0.1, -0.05) is 28.1 Å². The lowest BCUT2D eigenvalue weighted by Gasteiger charge is -2.17. The molecule has 0 fully saturated rings. The average Bonchev–Trinajstić information content (AvgIpc) is 2.49. The largest absolute Gasteiger partial charge is 0.325 e. The van der Waals surface area contributed by atoms with Crippen LogP contribution in [-0.4, -0.2) is 32.2 Å². The third-order valence-corrected chi connectivity index (χ3v) is 5.81. The van der Waals surface area contributed by atoms with Crippen molar-refractivity contribution in [2.75, 3.05) is 18.9 Å². The zero-order chi connectivity index (χ0) is 18.6. The van der Waals surface area contributed by atoms with Crippen molar-refractivity contribution in [2.24, 2.45) is 0 Å². The molecule has 0 radical (unpaired) electrons. The van der Waals surface area contributed by atoms with Crippen LogP contribution in [0.2, 0.25) is 0 Å². The molecule has 0 aliphatic rings. The number of anilines is 1. The number of aryl methyl sites for hydroxylation is 1. The fourth-order valence-electron chi connectivity index (χ4n) is 2.21. The minimum Gasteiger partial charge on any atom is -0.325 e. The van der Waals surface area contributed by atoms with Crippen molar-refractivity contribution in [2.45, 2.75) is 12.7 Å². The first-order valence-electron chi connectivity index (χ1n) is 7.42. The third kappa shape index (κ3) is 5.62. The van der Waals surface area contributed by atoms with Crippen molar-refractivity contribution < 1.29 is 17.6 Å². The van der Waals surface area contributed by atoms with Gasteiger partial charge in [0.1, 0.15) is 5.82 Å². The van der Waals surface area contributed by atoms with Gasteiger partial charge in [0.15, 0.2) is 0 Å². The molecule has 134 valence electrons. The number of sulfonamides is 1. The first kappa shape index (κ1) is 19.6. The Morgan fingerprint density at radius 1 is 1.24 bits per heavy atom. The SMILES string of the molecule is Cc1cc(Br)ccc1NC(=O)CN(C)S(=O)(=O)Cc1cccc(F)c1. The van der Waals surface area contributed by atoms with Crippen LogP contribution in [0.25, 0.3) is 0 Å². The van der Waals surface area contributed by atoms with E-state index in [0.717, 1.165) is 20.4 Å². The van der Waals surface area contributed by atoms with E-state index in [-0.39, 0.29) is 12.3 Å². The molecular weight excluding hydrogens is 411 g/mol. The summed E-state index contributed by atoms with van der Waals surface area (Å²) in [7, 11) is -2.41. The van der Waals surface area contributed by atoms with E-state index in [1.807, 2.05) is 13.0 Å². The van der Waals surface area contributed by atoms with Gasteiger partial charge < -0.3 is 5.32 Å². The second-order valence-electron chi connectivity index (χ2n) is 5.65. The Bertz CT molecular complexity index is 887. The number of nitrogens with one attached hydrogen (secondary N) is 1. The lowest BCUT2D eigenvalue weighted by atomic mass is 10.2. The molecule has 2 aromatic carbocycles. The number of carbonyl (C=O) groups is 1. The van der Waals surface area contributed by atoms with E-state index >= 15 is 0 Å². The molecule has 0 unspecified atom stereocenters. The number of hydrogen-bond donors (Lipinski definition) is 1. The summed E-state index contributed by atoms with van der Waals surface area (Å²) in [6.07, 6.45) is 0. The van der Waals surface area contributed by atoms with Crippen LogP contribution in [0.3, 0.4) is 0 Å². The standard InChI is InChI=1S/C17H18BrFN2O3S/c1-12-8-14(18)6-7-16(12)20-17(22)10-21(2)25(23,24)11-13-4-3-5-15(19)9-13/h3-9H,10-11H2,1-2H3,(H,20,22). The molecule has 0 saturated heterocycles. The van der Waals surface area contributed by atoms with Gasteiger partial charge in [0.05, 0.1) is 12.3 Å². The summed E-state index contributed by atoms with van der Waals surface area (Å²) < 4.78 is 39.7. The zero-order valence-electron chi connectivity index (χ0n) is 13.8. The number of carbonyl (C=O) groups excluding carboxylic acids is 1. The van der Waals surface area contributed by atoms with E-state index in [1.54, 1.807) is 12.1 Å². The topological polar surface area (TPSA) is 66.5 Å². The van der Waals surface area contributed by atoms with Crippen LogP contribution in [0.1, 0.15) is 11.1 Å². The number of benzene rings is 2. The van der Waals surface area contributed by atoms with E-state index in [2.05, 4.69) is 21.2 Å². The van der Waals surface area contributed by atoms with E-state index in [1.165, 1.54) is 25.2 Å². The van der Waals surface area contributed by atoms with E-state index < -0.39 is 21.7 Å². The van der Waals surface area contributed by atoms with E-state index in [0.29, 0.717) is 11.3 Å². The lowest BCUT2D eigenvalue weighted by Crippen LogP contribution is -2.35. The Kier molecular flexibility index (Phi) is 6.31. The number of amides is 1. The van der Waals surface area contributed by atoms with Gasteiger partial charge in [0.25, 0.3) is 0 Å². The van der Waals surface area contributed by atoms with Crippen LogP contribution in [0.15, 0.2) is 46.9 Å². The van der Waals surface area contributed by atoms with Crippen LogP contribution >= 0.6 is 15.9 Å². The number of nitrogens with zero attached hydrogens (tertiary/aromatic N) is 1. The Labute approximate surface area is 155 Å². The summed E-state index contributed by atoms with van der Waals surface area (Å²) in [6, 6.07) is 10.7. The third-order valence-electron chi connectivity index (χ3n) is 3.54. The van der Waals surface area contributed by atoms with E-state index in [9.17, 15) is 17.6 Å². The number of halogens is 2. The van der Waals surface area contributed by atoms with Crippen molar-refractivity contribution in [1.82, 2.24) is 4.31 Å². The molecule has 0 aromatic heterocycles. The van der Waals surface area contributed by atoms with Gasteiger partial charge in [-0.05, 0) is 48.4 Å². The maximum Gasteiger partial charge on any atom is 0.239 e. The van der Waals surface area contributed by atoms with Crippen LogP contribution in [0.5, 0.6) is 0 Å². The van der Waals surface area contributed by atoms with Gasteiger partial charge in [-0.25, -0.2) is 12.8 Å². The fourth-order valence-corrected chi connectivity index (χ4v) is 3.82. The van der Waals surface area contributed by atoms with Crippen LogP contribution in [-0.2, 0) is 20.6 Å². The maximum atomic E-state index is 13.2. The smallest absolute Gasteiger partial charge is 0.239 e. The molecule has 25 heavy (non-hydrogen) atoms. The summed E-state index contributed by atoms with van der Waals surface area (Å²) in [5.41, 5.74) is 1.80. The Hall–Kier alpha value is -1.77. The molecule has 0 bridgehead atoms. The average molecular weight is 429 g/mol. The Morgan fingerprint density at radius 3 is 2.60 bits per heavy atom. The van der Waals surface area contributed by atoms with Crippen molar-refractivity contribution in [3.05, 3.63) is 63.9 Å². The van der Waals surface area contributed by atoms with Gasteiger partial charge in [0, 0.05) is 17.2 Å². The molecule has 8 heteroatoms. The first-order chi connectivity index (χ1) is 11.7. The second-order valence-corrected chi connectivity index (χ2v) is 8.64. The molecule has 0 saturated carbocycles. The molecule has 5 nitrogen and oxygen atoms in total. The highest BCUT2D eigenvalue weighted by Crippen LogP contribution is 2.20. The minimum absolute atomic E-state index is 0.326. The number of rotatable bonds is 6. The van der Waals surface area contributed by atoms with Gasteiger partial charge in [-0.3, -0.25) is 4.79 Å². The molecule has 0 aliphatic carbocycles. The zero-order valence-corrected chi connectivity index (χ0v) is 16.2. The molecule has 1 amide bonds. The van der Waals surface area contributed by atoms with Crippen molar-refractivity contribution in [3.8, 4) is 0 Å². The summed E-state index contributed by atoms with van der Waals surface area (Å²) >= 11 is 3.34. The fraction of sp³-hybridized carbons (Fsp3) is 0.235. The lowest BCUT2D eigenvalue weighted by molar-refractivity contribution is -0.116. The first-order valence-corrected chi connectivity index (χ1v) is 9.82. The highest BCUT2D eigenvalue weighted by Gasteiger charge is 2.21. The number of hydrogen-bond acceptors (Lipinski definition) is 3. The summed E-state index contributed by atoms with van der Waals surface area (Å²) in [5, 5.41) is 2.69. The van der Waals surface area contributed by atoms with Crippen molar-refractivity contribution >= 4 is 37.5 Å². The highest BCUT2D eigenvalue weighted by atomic mass is 79.9. The molecular formula is C17H18BrFN2O3S. The Balaban J connectivity index is 2.02. The summed E-state index contributed by atoms with van der Waals surface area (Å²) in [4.78, 5) is 12.1.